The summed E-state index contributed by atoms with van der Waals surface area (Å²) in [6.07, 6.45) is 2.97. The van der Waals surface area contributed by atoms with Crippen LogP contribution in [0, 0.1) is 0 Å². The van der Waals surface area contributed by atoms with Crippen LogP contribution in [-0.4, -0.2) is 73.9 Å². The molecule has 0 aromatic rings. The van der Waals surface area contributed by atoms with Gasteiger partial charge in [-0.2, -0.15) is 0 Å². The molecule has 4 heteroatoms. The molecule has 0 aromatic carbocycles. The molecule has 2 aliphatic heterocycles. The number of morpholine rings is 1. The molecule has 4 nitrogen and oxygen atoms in total. The summed E-state index contributed by atoms with van der Waals surface area (Å²) in [6, 6.07) is 1.40. The fraction of sp³-hybridized carbons (Fsp3) is 1.00. The Bertz CT molecular complexity index is 262. The molecule has 2 saturated heterocycles. The number of rotatable bonds is 5. The summed E-state index contributed by atoms with van der Waals surface area (Å²) in [5.41, 5.74) is 0. The van der Waals surface area contributed by atoms with Gasteiger partial charge in [-0.15, -0.1) is 0 Å². The van der Waals surface area contributed by atoms with E-state index in [0.717, 1.165) is 45.4 Å². The van der Waals surface area contributed by atoms with Crippen molar-refractivity contribution in [2.24, 2.45) is 0 Å². The van der Waals surface area contributed by atoms with E-state index in [4.69, 9.17) is 4.74 Å². The number of piperidine rings is 1. The number of hydrogen-bond acceptors (Lipinski definition) is 4. The SMILES string of the molecule is CCNC1CCN(CC2CN(CC)CCO2)C(C)C1. The lowest BCUT2D eigenvalue weighted by molar-refractivity contribution is -0.0508. The van der Waals surface area contributed by atoms with Crippen LogP contribution >= 0.6 is 0 Å². The van der Waals surface area contributed by atoms with E-state index < -0.39 is 0 Å². The summed E-state index contributed by atoms with van der Waals surface area (Å²) >= 11 is 0. The van der Waals surface area contributed by atoms with Crippen LogP contribution in [0.2, 0.25) is 0 Å². The molecular formula is C15H31N3O. The van der Waals surface area contributed by atoms with E-state index in [1.165, 1.54) is 19.4 Å². The minimum Gasteiger partial charge on any atom is -0.374 e. The van der Waals surface area contributed by atoms with Crippen molar-refractivity contribution in [1.29, 1.82) is 0 Å². The predicted octanol–water partition coefficient (Wildman–Crippen LogP) is 1.17. The average molecular weight is 269 g/mol. The maximum atomic E-state index is 5.94. The molecule has 0 aliphatic carbocycles. The highest BCUT2D eigenvalue weighted by atomic mass is 16.5. The lowest BCUT2D eigenvalue weighted by Crippen LogP contribution is -2.53. The highest BCUT2D eigenvalue weighted by Crippen LogP contribution is 2.19. The number of likely N-dealkylation sites (N-methyl/N-ethyl adjacent to an activating group) is 1. The van der Waals surface area contributed by atoms with Gasteiger partial charge in [-0.25, -0.2) is 0 Å². The van der Waals surface area contributed by atoms with Gasteiger partial charge >= 0.3 is 0 Å². The second-order valence-electron chi connectivity index (χ2n) is 6.01. The first-order valence-electron chi connectivity index (χ1n) is 8.04. The van der Waals surface area contributed by atoms with E-state index in [1.807, 2.05) is 0 Å². The van der Waals surface area contributed by atoms with Gasteiger partial charge in [0.05, 0.1) is 12.7 Å². The third kappa shape index (κ3) is 4.42. The molecule has 2 aliphatic rings. The molecule has 0 aromatic heterocycles. The van der Waals surface area contributed by atoms with Gasteiger partial charge in [-0.05, 0) is 32.9 Å². The summed E-state index contributed by atoms with van der Waals surface area (Å²) in [5.74, 6) is 0. The molecule has 19 heavy (non-hydrogen) atoms. The zero-order valence-electron chi connectivity index (χ0n) is 12.9. The molecule has 2 fully saturated rings. The summed E-state index contributed by atoms with van der Waals surface area (Å²) in [7, 11) is 0. The smallest absolute Gasteiger partial charge is 0.0829 e. The van der Waals surface area contributed by atoms with Crippen LogP contribution < -0.4 is 5.32 Å². The van der Waals surface area contributed by atoms with Crippen LogP contribution in [0.1, 0.15) is 33.6 Å². The van der Waals surface area contributed by atoms with Crippen LogP contribution in [0.4, 0.5) is 0 Å². The van der Waals surface area contributed by atoms with E-state index >= 15 is 0 Å². The van der Waals surface area contributed by atoms with Crippen molar-refractivity contribution in [3.05, 3.63) is 0 Å². The second-order valence-corrected chi connectivity index (χ2v) is 6.01. The second kappa shape index (κ2) is 7.58. The normalized spacial score (nSPS) is 34.6. The Morgan fingerprint density at radius 2 is 2.11 bits per heavy atom. The van der Waals surface area contributed by atoms with Crippen molar-refractivity contribution in [2.75, 3.05) is 45.9 Å². The lowest BCUT2D eigenvalue weighted by Gasteiger charge is -2.41. The van der Waals surface area contributed by atoms with Crippen LogP contribution in [0.15, 0.2) is 0 Å². The van der Waals surface area contributed by atoms with Crippen LogP contribution in [-0.2, 0) is 4.74 Å². The van der Waals surface area contributed by atoms with Gasteiger partial charge < -0.3 is 10.1 Å². The Hall–Kier alpha value is -0.160. The van der Waals surface area contributed by atoms with E-state index in [2.05, 4.69) is 35.9 Å². The van der Waals surface area contributed by atoms with E-state index in [-0.39, 0.29) is 0 Å². The van der Waals surface area contributed by atoms with Crippen molar-refractivity contribution in [3.63, 3.8) is 0 Å². The van der Waals surface area contributed by atoms with Crippen molar-refractivity contribution < 1.29 is 4.74 Å². The number of nitrogens with zero attached hydrogens (tertiary/aromatic N) is 2. The van der Waals surface area contributed by atoms with Crippen LogP contribution in [0.3, 0.4) is 0 Å². The molecule has 3 atom stereocenters. The summed E-state index contributed by atoms with van der Waals surface area (Å²) < 4.78 is 5.94. The molecule has 1 N–H and O–H groups in total. The molecule has 112 valence electrons. The van der Waals surface area contributed by atoms with Gasteiger partial charge in [0.25, 0.3) is 0 Å². The van der Waals surface area contributed by atoms with E-state index in [1.54, 1.807) is 0 Å². The van der Waals surface area contributed by atoms with Crippen molar-refractivity contribution in [3.8, 4) is 0 Å². The van der Waals surface area contributed by atoms with Gasteiger partial charge in [0.15, 0.2) is 0 Å². The van der Waals surface area contributed by atoms with Gasteiger partial charge in [0.1, 0.15) is 0 Å². The zero-order valence-corrected chi connectivity index (χ0v) is 12.9. The minimum absolute atomic E-state index is 0.409. The minimum atomic E-state index is 0.409. The lowest BCUT2D eigenvalue weighted by atomic mass is 9.97. The van der Waals surface area contributed by atoms with Crippen molar-refractivity contribution in [1.82, 2.24) is 15.1 Å². The topological polar surface area (TPSA) is 27.7 Å². The monoisotopic (exact) mass is 269 g/mol. The quantitative estimate of drug-likeness (QED) is 0.811. The predicted molar refractivity (Wildman–Crippen MR) is 79.6 cm³/mol. The summed E-state index contributed by atoms with van der Waals surface area (Å²) in [4.78, 5) is 5.13. The largest absolute Gasteiger partial charge is 0.374 e. The van der Waals surface area contributed by atoms with Crippen LogP contribution in [0.25, 0.3) is 0 Å². The first kappa shape index (κ1) is 15.2. The van der Waals surface area contributed by atoms with Crippen molar-refractivity contribution >= 4 is 0 Å². The van der Waals surface area contributed by atoms with Crippen molar-refractivity contribution in [2.45, 2.75) is 51.8 Å². The molecule has 2 heterocycles. The molecule has 3 unspecified atom stereocenters. The third-order valence-electron chi connectivity index (χ3n) is 4.61. The molecule has 2 rings (SSSR count). The number of hydrogen-bond donors (Lipinski definition) is 1. The molecule has 0 spiro atoms. The zero-order chi connectivity index (χ0) is 13.7. The Morgan fingerprint density at radius 3 is 2.79 bits per heavy atom. The van der Waals surface area contributed by atoms with E-state index in [0.29, 0.717) is 12.1 Å². The Morgan fingerprint density at radius 1 is 1.26 bits per heavy atom. The number of nitrogens with one attached hydrogen (secondary N) is 1. The maximum Gasteiger partial charge on any atom is 0.0829 e. The van der Waals surface area contributed by atoms with Gasteiger partial charge in [0, 0.05) is 38.3 Å². The first-order chi connectivity index (χ1) is 9.22. The molecule has 0 amide bonds. The Kier molecular flexibility index (Phi) is 6.07. The molecule has 0 radical (unpaired) electrons. The van der Waals surface area contributed by atoms with Gasteiger partial charge in [-0.1, -0.05) is 13.8 Å². The fourth-order valence-electron chi connectivity index (χ4n) is 3.41. The number of ether oxygens (including phenoxy) is 1. The summed E-state index contributed by atoms with van der Waals surface area (Å²) in [6.45, 7) is 14.5. The van der Waals surface area contributed by atoms with Crippen LogP contribution in [0.5, 0.6) is 0 Å². The number of likely N-dealkylation sites (tertiary alicyclic amines) is 1. The van der Waals surface area contributed by atoms with Gasteiger partial charge in [-0.3, -0.25) is 9.80 Å². The standard InChI is InChI=1S/C15H31N3O/c1-4-16-14-6-7-18(13(3)10-14)12-15-11-17(5-2)8-9-19-15/h13-16H,4-12H2,1-3H3. The maximum absolute atomic E-state index is 5.94. The molecule has 0 bridgehead atoms. The Balaban J connectivity index is 1.76. The first-order valence-corrected chi connectivity index (χ1v) is 8.04. The fourth-order valence-corrected chi connectivity index (χ4v) is 3.41. The molecular weight excluding hydrogens is 238 g/mol. The summed E-state index contributed by atoms with van der Waals surface area (Å²) in [5, 5.41) is 3.59. The molecule has 0 saturated carbocycles. The Labute approximate surface area is 118 Å². The highest BCUT2D eigenvalue weighted by molar-refractivity contribution is 4.85. The highest BCUT2D eigenvalue weighted by Gasteiger charge is 2.28. The third-order valence-corrected chi connectivity index (χ3v) is 4.61. The average Bonchev–Trinajstić information content (AvgIpc) is 2.42. The van der Waals surface area contributed by atoms with Gasteiger partial charge in [0.2, 0.25) is 0 Å². The van der Waals surface area contributed by atoms with E-state index in [9.17, 15) is 0 Å².